The fourth-order valence-corrected chi connectivity index (χ4v) is 0.709. The highest BCUT2D eigenvalue weighted by atomic mass is 17.1. The lowest BCUT2D eigenvalue weighted by molar-refractivity contribution is -0.288. The number of hydrogen-bond acceptors (Lipinski definition) is 2. The monoisotopic (exact) mass is 131 g/mol. The van der Waals surface area contributed by atoms with Gasteiger partial charge in [0.05, 0.1) is 6.10 Å². The van der Waals surface area contributed by atoms with Crippen molar-refractivity contribution in [3.63, 3.8) is 0 Å². The van der Waals surface area contributed by atoms with Crippen molar-refractivity contribution in [2.45, 2.75) is 32.8 Å². The van der Waals surface area contributed by atoms with Crippen molar-refractivity contribution in [2.24, 2.45) is 5.92 Å². The molecule has 0 aliphatic rings. The maximum Gasteiger partial charge on any atom is 0.0950 e. The molecule has 55 valence electrons. The number of rotatable bonds is 4. The molecule has 0 saturated heterocycles. The van der Waals surface area contributed by atoms with Crippen LogP contribution >= 0.6 is 0 Å². The first-order valence-electron chi connectivity index (χ1n) is 3.31. The van der Waals surface area contributed by atoms with Crippen molar-refractivity contribution in [3.05, 3.63) is 6.92 Å². The van der Waals surface area contributed by atoms with Crippen molar-refractivity contribution in [3.8, 4) is 0 Å². The first kappa shape index (κ1) is 8.92. The molecule has 1 atom stereocenters. The summed E-state index contributed by atoms with van der Waals surface area (Å²) in [7, 11) is 0. The van der Waals surface area contributed by atoms with Crippen LogP contribution in [0.25, 0.3) is 0 Å². The molecule has 2 heteroatoms. The van der Waals surface area contributed by atoms with Crippen LogP contribution in [-0.2, 0) is 4.89 Å². The van der Waals surface area contributed by atoms with E-state index >= 15 is 0 Å². The van der Waals surface area contributed by atoms with Gasteiger partial charge in [-0.25, -0.2) is 4.89 Å². The second-order valence-corrected chi connectivity index (χ2v) is 2.53. The van der Waals surface area contributed by atoms with E-state index in [-0.39, 0.29) is 6.10 Å². The molecular formula is C7H15O2. The normalized spacial score (nSPS) is 14.3. The van der Waals surface area contributed by atoms with Crippen molar-refractivity contribution >= 4 is 0 Å². The molecule has 2 nitrogen and oxygen atoms in total. The first-order valence-corrected chi connectivity index (χ1v) is 3.31. The minimum atomic E-state index is -0.0394. The highest BCUT2D eigenvalue weighted by Crippen LogP contribution is 2.10. The van der Waals surface area contributed by atoms with Gasteiger partial charge in [0.25, 0.3) is 0 Å². The van der Waals surface area contributed by atoms with Crippen molar-refractivity contribution < 1.29 is 10.1 Å². The van der Waals surface area contributed by atoms with Gasteiger partial charge in [0.1, 0.15) is 0 Å². The van der Waals surface area contributed by atoms with E-state index in [1.54, 1.807) is 0 Å². The molecule has 0 aromatic carbocycles. The molecular weight excluding hydrogens is 116 g/mol. The van der Waals surface area contributed by atoms with Gasteiger partial charge in [-0.05, 0) is 12.3 Å². The summed E-state index contributed by atoms with van der Waals surface area (Å²) in [6.07, 6.45) is 1.60. The Balaban J connectivity index is 3.41. The topological polar surface area (TPSA) is 29.5 Å². The van der Waals surface area contributed by atoms with Gasteiger partial charge in [-0.3, -0.25) is 5.26 Å². The van der Waals surface area contributed by atoms with E-state index in [0.717, 1.165) is 12.8 Å². The van der Waals surface area contributed by atoms with Gasteiger partial charge in [-0.15, -0.1) is 0 Å². The fourth-order valence-electron chi connectivity index (χ4n) is 0.709. The van der Waals surface area contributed by atoms with E-state index in [1.165, 1.54) is 0 Å². The molecule has 1 radical (unpaired) electrons. The first-order chi connectivity index (χ1) is 4.22. The molecule has 0 aromatic heterocycles. The molecule has 0 aliphatic carbocycles. The summed E-state index contributed by atoms with van der Waals surface area (Å²) < 4.78 is 0. The van der Waals surface area contributed by atoms with Crippen LogP contribution in [0.3, 0.4) is 0 Å². The van der Waals surface area contributed by atoms with E-state index < -0.39 is 0 Å². The second kappa shape index (κ2) is 4.77. The summed E-state index contributed by atoms with van der Waals surface area (Å²) in [6.45, 7) is 7.69. The minimum absolute atomic E-state index is 0.0394. The van der Waals surface area contributed by atoms with Gasteiger partial charge >= 0.3 is 0 Å². The maximum atomic E-state index is 8.30. The lowest BCUT2D eigenvalue weighted by Gasteiger charge is -2.15. The minimum Gasteiger partial charge on any atom is -0.252 e. The Bertz CT molecular complexity index is 61.9. The van der Waals surface area contributed by atoms with Crippen LogP contribution in [0.4, 0.5) is 0 Å². The Kier molecular flexibility index (Phi) is 4.72. The zero-order valence-corrected chi connectivity index (χ0v) is 6.13. The van der Waals surface area contributed by atoms with Crippen molar-refractivity contribution in [2.75, 3.05) is 0 Å². The molecule has 0 fully saturated rings. The summed E-state index contributed by atoms with van der Waals surface area (Å²) in [6, 6.07) is 0. The van der Waals surface area contributed by atoms with Gasteiger partial charge in [-0.1, -0.05) is 27.2 Å². The molecule has 0 amide bonds. The van der Waals surface area contributed by atoms with Crippen LogP contribution in [0.2, 0.25) is 0 Å². The molecule has 0 aliphatic heterocycles. The summed E-state index contributed by atoms with van der Waals surface area (Å²) >= 11 is 0. The van der Waals surface area contributed by atoms with E-state index in [1.807, 2.05) is 13.8 Å². The SMILES string of the molecule is [CH2]CCC(OO)C(C)C. The van der Waals surface area contributed by atoms with Crippen LogP contribution in [-0.4, -0.2) is 11.4 Å². The Hall–Kier alpha value is -0.0800. The maximum absolute atomic E-state index is 8.30. The summed E-state index contributed by atoms with van der Waals surface area (Å²) in [5, 5.41) is 8.30. The predicted octanol–water partition coefficient (Wildman–Crippen LogP) is 2.11. The number of hydrogen-bond donors (Lipinski definition) is 1. The van der Waals surface area contributed by atoms with Crippen molar-refractivity contribution in [1.29, 1.82) is 0 Å². The highest BCUT2D eigenvalue weighted by Gasteiger charge is 2.11. The Morgan fingerprint density at radius 3 is 2.22 bits per heavy atom. The summed E-state index contributed by atoms with van der Waals surface area (Å²) in [5.41, 5.74) is 0. The standard InChI is InChI=1S/C7H15O2/c1-4-5-7(9-8)6(2)3/h6-8H,1,4-5H2,2-3H3. The summed E-state index contributed by atoms with van der Waals surface area (Å²) in [5.74, 6) is 0.372. The molecule has 1 unspecified atom stereocenters. The molecule has 1 N–H and O–H groups in total. The molecule has 0 heterocycles. The summed E-state index contributed by atoms with van der Waals surface area (Å²) in [4.78, 5) is 4.21. The molecule has 0 rings (SSSR count). The van der Waals surface area contributed by atoms with Gasteiger partial charge < -0.3 is 0 Å². The quantitative estimate of drug-likeness (QED) is 0.467. The van der Waals surface area contributed by atoms with Crippen LogP contribution in [0.5, 0.6) is 0 Å². The van der Waals surface area contributed by atoms with Gasteiger partial charge in [0, 0.05) is 0 Å². The van der Waals surface area contributed by atoms with Gasteiger partial charge in [-0.2, -0.15) is 0 Å². The van der Waals surface area contributed by atoms with E-state index in [0.29, 0.717) is 5.92 Å². The van der Waals surface area contributed by atoms with E-state index in [2.05, 4.69) is 11.8 Å². The zero-order valence-electron chi connectivity index (χ0n) is 6.13. The lowest BCUT2D eigenvalue weighted by Crippen LogP contribution is -2.17. The Morgan fingerprint density at radius 2 is 2.11 bits per heavy atom. The molecule has 0 aromatic rings. The lowest BCUT2D eigenvalue weighted by atomic mass is 10.0. The molecule has 0 spiro atoms. The Morgan fingerprint density at radius 1 is 1.56 bits per heavy atom. The highest BCUT2D eigenvalue weighted by molar-refractivity contribution is 4.60. The predicted molar refractivity (Wildman–Crippen MR) is 36.9 cm³/mol. The zero-order chi connectivity index (χ0) is 7.28. The smallest absolute Gasteiger partial charge is 0.0950 e. The molecule has 0 saturated carbocycles. The van der Waals surface area contributed by atoms with Gasteiger partial charge in [0.15, 0.2) is 0 Å². The fraction of sp³-hybridized carbons (Fsp3) is 0.857. The molecule has 0 bridgehead atoms. The third kappa shape index (κ3) is 3.49. The third-order valence-electron chi connectivity index (χ3n) is 1.37. The Labute approximate surface area is 56.8 Å². The van der Waals surface area contributed by atoms with Crippen LogP contribution in [0, 0.1) is 12.8 Å². The van der Waals surface area contributed by atoms with Crippen LogP contribution < -0.4 is 0 Å². The average molecular weight is 131 g/mol. The third-order valence-corrected chi connectivity index (χ3v) is 1.37. The van der Waals surface area contributed by atoms with Crippen LogP contribution in [0.15, 0.2) is 0 Å². The van der Waals surface area contributed by atoms with Crippen molar-refractivity contribution in [1.82, 2.24) is 0 Å². The molecule has 9 heavy (non-hydrogen) atoms. The largest absolute Gasteiger partial charge is 0.252 e. The van der Waals surface area contributed by atoms with Gasteiger partial charge in [0.2, 0.25) is 0 Å². The van der Waals surface area contributed by atoms with E-state index in [9.17, 15) is 0 Å². The van der Waals surface area contributed by atoms with E-state index in [4.69, 9.17) is 5.26 Å². The second-order valence-electron chi connectivity index (χ2n) is 2.53. The average Bonchev–Trinajstić information content (AvgIpc) is 1.82. The van der Waals surface area contributed by atoms with Crippen LogP contribution in [0.1, 0.15) is 26.7 Å².